The second-order valence-electron chi connectivity index (χ2n) is 10.0. The fraction of sp³-hybridized carbons (Fsp3) is 0.667. The normalized spacial score (nSPS) is 36.4. The van der Waals surface area contributed by atoms with Gasteiger partial charge in [-0.1, -0.05) is 12.1 Å². The minimum absolute atomic E-state index is 0.0232. The van der Waals surface area contributed by atoms with Crippen LogP contribution in [0.15, 0.2) is 24.3 Å². The van der Waals surface area contributed by atoms with E-state index in [0.29, 0.717) is 11.9 Å². The molecule has 4 heteroatoms. The van der Waals surface area contributed by atoms with Gasteiger partial charge in [-0.15, -0.1) is 0 Å². The zero-order chi connectivity index (χ0) is 19.1. The molecule has 28 heavy (non-hydrogen) atoms. The van der Waals surface area contributed by atoms with Crippen LogP contribution in [0.5, 0.6) is 0 Å². The molecule has 0 radical (unpaired) electrons. The van der Waals surface area contributed by atoms with Gasteiger partial charge in [-0.2, -0.15) is 5.26 Å². The molecule has 1 heterocycles. The van der Waals surface area contributed by atoms with Crippen LogP contribution in [0.1, 0.15) is 56.1 Å². The molecule has 6 rings (SSSR count). The van der Waals surface area contributed by atoms with Gasteiger partial charge in [-0.3, -0.25) is 4.79 Å². The number of amides is 1. The Morgan fingerprint density at radius 1 is 1.11 bits per heavy atom. The average molecular weight is 378 g/mol. The molecule has 1 N–H and O–H groups in total. The van der Waals surface area contributed by atoms with Gasteiger partial charge in [-0.25, -0.2) is 0 Å². The fourth-order valence-corrected chi connectivity index (χ4v) is 6.91. The predicted octanol–water partition coefficient (Wildman–Crippen LogP) is 3.51. The van der Waals surface area contributed by atoms with Gasteiger partial charge in [0, 0.05) is 31.1 Å². The summed E-state index contributed by atoms with van der Waals surface area (Å²) in [5, 5.41) is 12.4. The first kappa shape index (κ1) is 18.2. The minimum atomic E-state index is -0.0232. The highest BCUT2D eigenvalue weighted by atomic mass is 16.2. The van der Waals surface area contributed by atoms with Gasteiger partial charge in [-0.05, 0) is 86.8 Å². The number of benzene rings is 1. The lowest BCUT2D eigenvalue weighted by Crippen LogP contribution is -2.55. The summed E-state index contributed by atoms with van der Waals surface area (Å²) in [5.74, 6) is 2.85. The summed E-state index contributed by atoms with van der Waals surface area (Å²) in [6.07, 6.45) is 9.70. The van der Waals surface area contributed by atoms with Crippen LogP contribution >= 0.6 is 0 Å². The molecule has 148 valence electrons. The molecule has 4 saturated carbocycles. The number of likely N-dealkylation sites (tertiary alicyclic amines) is 1. The van der Waals surface area contributed by atoms with Crippen molar-refractivity contribution in [2.45, 2.75) is 57.4 Å². The highest BCUT2D eigenvalue weighted by Crippen LogP contribution is 2.60. The highest BCUT2D eigenvalue weighted by Gasteiger charge is 2.54. The van der Waals surface area contributed by atoms with Crippen molar-refractivity contribution in [1.29, 1.82) is 5.26 Å². The quantitative estimate of drug-likeness (QED) is 0.854. The fourth-order valence-electron chi connectivity index (χ4n) is 6.91. The first-order valence-corrected chi connectivity index (χ1v) is 11.1. The summed E-state index contributed by atoms with van der Waals surface area (Å²) in [4.78, 5) is 15.7. The van der Waals surface area contributed by atoms with E-state index in [0.717, 1.165) is 75.1 Å². The molecular weight excluding hydrogens is 346 g/mol. The van der Waals surface area contributed by atoms with Crippen molar-refractivity contribution in [2.75, 3.05) is 19.6 Å². The zero-order valence-corrected chi connectivity index (χ0v) is 16.7. The molecule has 1 aromatic carbocycles. The van der Waals surface area contributed by atoms with Gasteiger partial charge in [0.1, 0.15) is 0 Å². The number of hydrogen-bond donors (Lipinski definition) is 1. The molecule has 1 amide bonds. The predicted molar refractivity (Wildman–Crippen MR) is 108 cm³/mol. The monoisotopic (exact) mass is 377 g/mol. The molecule has 4 aliphatic carbocycles. The Morgan fingerprint density at radius 3 is 2.36 bits per heavy atom. The molecule has 1 unspecified atom stereocenters. The van der Waals surface area contributed by atoms with Crippen molar-refractivity contribution >= 4 is 5.91 Å². The maximum absolute atomic E-state index is 13.2. The molecule has 0 spiro atoms. The van der Waals surface area contributed by atoms with E-state index >= 15 is 0 Å². The van der Waals surface area contributed by atoms with Crippen molar-refractivity contribution in [3.05, 3.63) is 35.4 Å². The maximum atomic E-state index is 13.2. The third kappa shape index (κ3) is 3.46. The van der Waals surface area contributed by atoms with Crippen LogP contribution < -0.4 is 5.32 Å². The average Bonchev–Trinajstić information content (AvgIpc) is 3.13. The summed E-state index contributed by atoms with van der Waals surface area (Å²) in [6, 6.07) is 10.4. The zero-order valence-electron chi connectivity index (χ0n) is 16.7. The maximum Gasteiger partial charge on any atom is 0.226 e. The standard InChI is InChI=1S/C24H31N3O/c25-15-18-3-1-17(2-4-18)5-7-27-8-6-22(16-27)26-23(28)24-12-19-9-20(13-24)11-21(10-19)14-24/h1-4,19-22H,5-14,16H2,(H,26,28). The van der Waals surface area contributed by atoms with E-state index in [1.807, 2.05) is 12.1 Å². The van der Waals surface area contributed by atoms with Crippen LogP contribution in [0.4, 0.5) is 0 Å². The van der Waals surface area contributed by atoms with Crippen LogP contribution in [0, 0.1) is 34.5 Å². The number of hydrogen-bond acceptors (Lipinski definition) is 3. The molecule has 4 bridgehead atoms. The number of rotatable bonds is 5. The lowest BCUT2D eigenvalue weighted by atomic mass is 9.49. The Labute approximate surface area is 168 Å². The van der Waals surface area contributed by atoms with E-state index in [2.05, 4.69) is 28.4 Å². The molecule has 1 atom stereocenters. The van der Waals surface area contributed by atoms with Crippen LogP contribution in [-0.4, -0.2) is 36.5 Å². The first-order chi connectivity index (χ1) is 13.6. The van der Waals surface area contributed by atoms with Gasteiger partial charge in [0.15, 0.2) is 0 Å². The van der Waals surface area contributed by atoms with Gasteiger partial charge in [0.05, 0.1) is 11.6 Å². The summed E-state index contributed by atoms with van der Waals surface area (Å²) in [5.41, 5.74) is 1.97. The Balaban J connectivity index is 1.12. The third-order valence-corrected chi connectivity index (χ3v) is 7.93. The van der Waals surface area contributed by atoms with Crippen molar-refractivity contribution in [3.63, 3.8) is 0 Å². The van der Waals surface area contributed by atoms with E-state index < -0.39 is 0 Å². The van der Waals surface area contributed by atoms with Gasteiger partial charge in [0.25, 0.3) is 0 Å². The van der Waals surface area contributed by atoms with E-state index in [-0.39, 0.29) is 5.41 Å². The second kappa shape index (κ2) is 7.19. The SMILES string of the molecule is N#Cc1ccc(CCN2CCC(NC(=O)C34CC5CC(CC(C5)C3)C4)C2)cc1. The van der Waals surface area contributed by atoms with Crippen LogP contribution in [-0.2, 0) is 11.2 Å². The van der Waals surface area contributed by atoms with Gasteiger partial charge in [0.2, 0.25) is 5.91 Å². The molecule has 0 aromatic heterocycles. The minimum Gasteiger partial charge on any atom is -0.352 e. The van der Waals surface area contributed by atoms with Crippen LogP contribution in [0.25, 0.3) is 0 Å². The summed E-state index contributed by atoms with van der Waals surface area (Å²) in [6.45, 7) is 3.08. The van der Waals surface area contributed by atoms with Gasteiger partial charge >= 0.3 is 0 Å². The summed E-state index contributed by atoms with van der Waals surface area (Å²) in [7, 11) is 0. The summed E-state index contributed by atoms with van der Waals surface area (Å²) >= 11 is 0. The Hall–Kier alpha value is -1.86. The smallest absolute Gasteiger partial charge is 0.226 e. The third-order valence-electron chi connectivity index (χ3n) is 7.93. The molecule has 5 fully saturated rings. The van der Waals surface area contributed by atoms with E-state index in [4.69, 9.17) is 5.26 Å². The topological polar surface area (TPSA) is 56.1 Å². The van der Waals surface area contributed by atoms with Crippen molar-refractivity contribution in [1.82, 2.24) is 10.2 Å². The van der Waals surface area contributed by atoms with Gasteiger partial charge < -0.3 is 10.2 Å². The Morgan fingerprint density at radius 2 is 1.75 bits per heavy atom. The largest absolute Gasteiger partial charge is 0.352 e. The molecule has 1 saturated heterocycles. The lowest BCUT2D eigenvalue weighted by molar-refractivity contribution is -0.146. The Bertz CT molecular complexity index is 743. The number of nitrogens with zero attached hydrogens (tertiary/aromatic N) is 2. The van der Waals surface area contributed by atoms with E-state index in [9.17, 15) is 4.79 Å². The van der Waals surface area contributed by atoms with Crippen molar-refractivity contribution in [3.8, 4) is 6.07 Å². The van der Waals surface area contributed by atoms with Crippen molar-refractivity contribution < 1.29 is 4.79 Å². The highest BCUT2D eigenvalue weighted by molar-refractivity contribution is 5.83. The molecule has 5 aliphatic rings. The lowest BCUT2D eigenvalue weighted by Gasteiger charge is -2.55. The number of nitrogens with one attached hydrogen (secondary N) is 1. The second-order valence-corrected chi connectivity index (χ2v) is 10.0. The molecule has 4 nitrogen and oxygen atoms in total. The number of carbonyl (C=O) groups is 1. The van der Waals surface area contributed by atoms with E-state index in [1.54, 1.807) is 0 Å². The van der Waals surface area contributed by atoms with Crippen molar-refractivity contribution in [2.24, 2.45) is 23.2 Å². The van der Waals surface area contributed by atoms with E-state index in [1.165, 1.54) is 24.8 Å². The molecular formula is C24H31N3O. The first-order valence-electron chi connectivity index (χ1n) is 11.1. The Kier molecular flexibility index (Phi) is 4.67. The number of nitriles is 1. The number of carbonyl (C=O) groups excluding carboxylic acids is 1. The van der Waals surface area contributed by atoms with Crippen LogP contribution in [0.2, 0.25) is 0 Å². The van der Waals surface area contributed by atoms with Crippen LogP contribution in [0.3, 0.4) is 0 Å². The summed E-state index contributed by atoms with van der Waals surface area (Å²) < 4.78 is 0. The molecule has 1 aliphatic heterocycles. The molecule has 1 aromatic rings.